The zero-order valence-corrected chi connectivity index (χ0v) is 14.4. The van der Waals surface area contributed by atoms with E-state index in [1.807, 2.05) is 19.1 Å². The molecule has 7 heteroatoms. The number of amides is 2. The maximum Gasteiger partial charge on any atom is 0.322 e. The van der Waals surface area contributed by atoms with Crippen molar-refractivity contribution in [2.45, 2.75) is 26.4 Å². The zero-order chi connectivity index (χ0) is 17.2. The number of benzene rings is 1. The third-order valence-corrected chi connectivity index (χ3v) is 3.38. The van der Waals surface area contributed by atoms with Gasteiger partial charge in [0.25, 0.3) is 0 Å². The summed E-state index contributed by atoms with van der Waals surface area (Å²) < 4.78 is 1.71. The molecule has 0 aliphatic heterocycles. The molecule has 0 bridgehead atoms. The fourth-order valence-corrected chi connectivity index (χ4v) is 2.45. The minimum atomic E-state index is -0.956. The van der Waals surface area contributed by atoms with Gasteiger partial charge in [-0.1, -0.05) is 17.7 Å². The summed E-state index contributed by atoms with van der Waals surface area (Å²) in [5, 5.41) is 17.5. The molecule has 0 atom stereocenters. The van der Waals surface area contributed by atoms with Crippen LogP contribution in [0.4, 0.5) is 10.6 Å². The largest absolute Gasteiger partial charge is 0.389 e. The number of halogens is 1. The lowest BCUT2D eigenvalue weighted by molar-refractivity contribution is 0.0550. The summed E-state index contributed by atoms with van der Waals surface area (Å²) in [6.07, 6.45) is 0. The number of nitrogens with one attached hydrogen (secondary N) is 1. The maximum absolute atomic E-state index is 12.1. The van der Waals surface area contributed by atoms with E-state index >= 15 is 0 Å². The van der Waals surface area contributed by atoms with Gasteiger partial charge in [0.15, 0.2) is 5.82 Å². The lowest BCUT2D eigenvalue weighted by Crippen LogP contribution is -2.41. The normalized spacial score (nSPS) is 11.4. The quantitative estimate of drug-likeness (QED) is 0.901. The third-order valence-electron chi connectivity index (χ3n) is 3.15. The number of anilines is 1. The molecule has 1 aromatic heterocycles. The second-order valence-electron chi connectivity index (χ2n) is 6.16. The first kappa shape index (κ1) is 17.3. The Kier molecular flexibility index (Phi) is 4.97. The first-order valence-corrected chi connectivity index (χ1v) is 7.60. The fourth-order valence-electron chi connectivity index (χ4n) is 2.26. The van der Waals surface area contributed by atoms with Crippen LogP contribution in [0.15, 0.2) is 30.3 Å². The van der Waals surface area contributed by atoms with Crippen LogP contribution in [0.1, 0.15) is 19.5 Å². The van der Waals surface area contributed by atoms with Gasteiger partial charge in [-0.3, -0.25) is 5.32 Å². The average Bonchev–Trinajstić information content (AvgIpc) is 2.77. The average molecular weight is 337 g/mol. The summed E-state index contributed by atoms with van der Waals surface area (Å²) in [5.74, 6) is 0.440. The summed E-state index contributed by atoms with van der Waals surface area (Å²) in [6, 6.07) is 8.76. The van der Waals surface area contributed by atoms with Gasteiger partial charge in [0.05, 0.1) is 17.8 Å². The van der Waals surface area contributed by atoms with Crippen LogP contribution in [0.5, 0.6) is 0 Å². The lowest BCUT2D eigenvalue weighted by Gasteiger charge is -2.25. The van der Waals surface area contributed by atoms with Crippen molar-refractivity contribution in [3.05, 3.63) is 41.0 Å². The highest BCUT2D eigenvalue weighted by Crippen LogP contribution is 2.18. The van der Waals surface area contributed by atoms with Gasteiger partial charge in [-0.25, -0.2) is 9.48 Å². The Morgan fingerprint density at radius 2 is 2.13 bits per heavy atom. The topological polar surface area (TPSA) is 70.4 Å². The predicted molar refractivity (Wildman–Crippen MR) is 91.3 cm³/mol. The Hall–Kier alpha value is -2.05. The highest BCUT2D eigenvalue weighted by Gasteiger charge is 2.20. The number of aliphatic hydroxyl groups is 1. The summed E-state index contributed by atoms with van der Waals surface area (Å²) >= 11 is 6.00. The van der Waals surface area contributed by atoms with E-state index in [1.165, 1.54) is 4.90 Å². The molecule has 23 heavy (non-hydrogen) atoms. The number of rotatable bonds is 4. The number of likely N-dealkylation sites (N-methyl/N-ethyl adjacent to an activating group) is 1. The Morgan fingerprint density at radius 1 is 1.43 bits per heavy atom. The van der Waals surface area contributed by atoms with Gasteiger partial charge in [0.1, 0.15) is 0 Å². The second-order valence-corrected chi connectivity index (χ2v) is 6.60. The van der Waals surface area contributed by atoms with E-state index in [2.05, 4.69) is 10.4 Å². The molecular weight excluding hydrogens is 316 g/mol. The van der Waals surface area contributed by atoms with Gasteiger partial charge >= 0.3 is 6.03 Å². The highest BCUT2D eigenvalue weighted by molar-refractivity contribution is 6.30. The van der Waals surface area contributed by atoms with Crippen molar-refractivity contribution in [2.24, 2.45) is 0 Å². The highest BCUT2D eigenvalue weighted by atomic mass is 35.5. The van der Waals surface area contributed by atoms with Crippen LogP contribution < -0.4 is 5.32 Å². The molecule has 0 aliphatic carbocycles. The summed E-state index contributed by atoms with van der Waals surface area (Å²) in [7, 11) is 1.62. The Bertz CT molecular complexity index is 706. The number of hydrogen-bond donors (Lipinski definition) is 2. The van der Waals surface area contributed by atoms with E-state index in [9.17, 15) is 9.90 Å². The first-order chi connectivity index (χ1) is 10.7. The van der Waals surface area contributed by atoms with E-state index in [0.29, 0.717) is 10.8 Å². The second kappa shape index (κ2) is 6.60. The van der Waals surface area contributed by atoms with Crippen LogP contribution in [0, 0.1) is 6.92 Å². The van der Waals surface area contributed by atoms with Gasteiger partial charge < -0.3 is 10.0 Å². The molecular formula is C16H21ClN4O2. The van der Waals surface area contributed by atoms with Gasteiger partial charge in [-0.05, 0) is 39.0 Å². The van der Waals surface area contributed by atoms with Crippen LogP contribution in [0.25, 0.3) is 5.69 Å². The van der Waals surface area contributed by atoms with Crippen LogP contribution in [-0.4, -0.2) is 45.0 Å². The van der Waals surface area contributed by atoms with E-state index in [4.69, 9.17) is 11.6 Å². The van der Waals surface area contributed by atoms with Gasteiger partial charge in [0, 0.05) is 23.8 Å². The molecule has 1 aromatic carbocycles. The van der Waals surface area contributed by atoms with E-state index in [-0.39, 0.29) is 12.6 Å². The van der Waals surface area contributed by atoms with Gasteiger partial charge in [-0.2, -0.15) is 0 Å². The molecule has 2 rings (SSSR count). The number of aromatic nitrogens is 2. The molecule has 0 saturated heterocycles. The molecule has 0 spiro atoms. The number of aryl methyl sites for hydroxylation is 1. The van der Waals surface area contributed by atoms with Gasteiger partial charge in [0.2, 0.25) is 0 Å². The number of nitrogens with zero attached hydrogens (tertiary/aromatic N) is 3. The Labute approximate surface area is 140 Å². The van der Waals surface area contributed by atoms with Crippen LogP contribution in [-0.2, 0) is 0 Å². The third kappa shape index (κ3) is 4.71. The molecule has 1 heterocycles. The first-order valence-electron chi connectivity index (χ1n) is 7.23. The monoisotopic (exact) mass is 336 g/mol. The molecule has 2 aromatic rings. The van der Waals surface area contributed by atoms with Crippen molar-refractivity contribution >= 4 is 23.4 Å². The molecule has 0 fully saturated rings. The van der Waals surface area contributed by atoms with Gasteiger partial charge in [-0.15, -0.1) is 5.10 Å². The van der Waals surface area contributed by atoms with Crippen LogP contribution in [0.3, 0.4) is 0 Å². The maximum atomic E-state index is 12.1. The number of carbonyl (C=O) groups excluding carboxylic acids is 1. The van der Waals surface area contributed by atoms with Crippen LogP contribution in [0.2, 0.25) is 5.02 Å². The number of urea groups is 1. The molecule has 0 aliphatic rings. The summed E-state index contributed by atoms with van der Waals surface area (Å²) in [6.45, 7) is 5.40. The molecule has 2 amide bonds. The van der Waals surface area contributed by atoms with Crippen molar-refractivity contribution in [3.63, 3.8) is 0 Å². The fraction of sp³-hybridized carbons (Fsp3) is 0.375. The zero-order valence-electron chi connectivity index (χ0n) is 13.7. The number of hydrogen-bond acceptors (Lipinski definition) is 3. The molecule has 6 nitrogen and oxygen atoms in total. The predicted octanol–water partition coefficient (Wildman–Crippen LogP) is 3.07. The van der Waals surface area contributed by atoms with Crippen LogP contribution >= 0.6 is 11.6 Å². The molecule has 2 N–H and O–H groups in total. The number of carbonyl (C=O) groups is 1. The molecule has 0 saturated carbocycles. The van der Waals surface area contributed by atoms with E-state index < -0.39 is 5.60 Å². The minimum absolute atomic E-state index is 0.215. The Balaban J connectivity index is 2.14. The van der Waals surface area contributed by atoms with Crippen molar-refractivity contribution < 1.29 is 9.90 Å². The molecule has 0 radical (unpaired) electrons. The van der Waals surface area contributed by atoms with E-state index in [0.717, 1.165) is 11.4 Å². The van der Waals surface area contributed by atoms with Crippen molar-refractivity contribution in [1.82, 2.24) is 14.7 Å². The Morgan fingerprint density at radius 3 is 2.74 bits per heavy atom. The smallest absolute Gasteiger partial charge is 0.322 e. The summed E-state index contributed by atoms with van der Waals surface area (Å²) in [4.78, 5) is 13.5. The SMILES string of the molecule is Cc1cc(NC(=O)N(C)CC(C)(C)O)nn1-c1cccc(Cl)c1. The lowest BCUT2D eigenvalue weighted by atomic mass is 10.1. The summed E-state index contributed by atoms with van der Waals surface area (Å²) in [5.41, 5.74) is 0.732. The van der Waals surface area contributed by atoms with E-state index in [1.54, 1.807) is 43.8 Å². The van der Waals surface area contributed by atoms with Crippen molar-refractivity contribution in [2.75, 3.05) is 18.9 Å². The van der Waals surface area contributed by atoms with Crippen molar-refractivity contribution in [1.29, 1.82) is 0 Å². The minimum Gasteiger partial charge on any atom is -0.389 e. The standard InChI is InChI=1S/C16H21ClN4O2/c1-11-8-14(18-15(22)20(4)10-16(2,3)23)19-21(11)13-7-5-6-12(17)9-13/h5-9,23H,10H2,1-4H3,(H,18,19,22). The van der Waals surface area contributed by atoms with Crippen molar-refractivity contribution in [3.8, 4) is 5.69 Å². The molecule has 0 unspecified atom stereocenters. The molecule has 124 valence electrons.